The number of amides is 2. The summed E-state index contributed by atoms with van der Waals surface area (Å²) in [5, 5.41) is 4.73. The van der Waals surface area contributed by atoms with Gasteiger partial charge in [0.05, 0.1) is 29.8 Å². The van der Waals surface area contributed by atoms with Gasteiger partial charge in [-0.25, -0.2) is 14.6 Å². The fourth-order valence-electron chi connectivity index (χ4n) is 4.19. The van der Waals surface area contributed by atoms with Gasteiger partial charge in [-0.3, -0.25) is 14.4 Å². The molecule has 1 saturated heterocycles. The zero-order valence-electron chi connectivity index (χ0n) is 23.3. The molecule has 1 N–H and O–H groups in total. The topological polar surface area (TPSA) is 126 Å². The lowest BCUT2D eigenvalue weighted by atomic mass is 10.1. The Morgan fingerprint density at radius 3 is 2.18 bits per heavy atom. The first-order valence-electron chi connectivity index (χ1n) is 13.1. The molecule has 1 aromatic carbocycles. The molecule has 208 valence electrons. The minimum absolute atomic E-state index is 0. The molecule has 2 amide bonds. The molecule has 0 radical (unpaired) electrons. The molecule has 11 nitrogen and oxygen atoms in total. The van der Waals surface area contributed by atoms with E-state index in [-0.39, 0.29) is 26.0 Å². The predicted octanol–water partition coefficient (Wildman–Crippen LogP) is 3.93. The first-order valence-corrected chi connectivity index (χ1v) is 13.1. The lowest BCUT2D eigenvalue weighted by Gasteiger charge is -2.34. The maximum atomic E-state index is 13.3. The van der Waals surface area contributed by atoms with Crippen LogP contribution in [0, 0.1) is 6.92 Å². The molecular formula is C28H37N7O4. The van der Waals surface area contributed by atoms with Crippen LogP contribution in [0.1, 0.15) is 55.7 Å². The summed E-state index contributed by atoms with van der Waals surface area (Å²) in [5.41, 5.74) is 1.29. The minimum Gasteiger partial charge on any atom is -0.494 e. The summed E-state index contributed by atoms with van der Waals surface area (Å²) in [6, 6.07) is 9.00. The molecule has 1 aliphatic heterocycles. The Balaban J connectivity index is 0.00000107. The third-order valence-corrected chi connectivity index (χ3v) is 6.01. The van der Waals surface area contributed by atoms with Gasteiger partial charge in [0.2, 0.25) is 0 Å². The van der Waals surface area contributed by atoms with E-state index in [1.165, 1.54) is 35.4 Å². The lowest BCUT2D eigenvalue weighted by Crippen LogP contribution is -2.52. The third-order valence-electron chi connectivity index (χ3n) is 6.01. The van der Waals surface area contributed by atoms with E-state index in [2.05, 4.69) is 20.1 Å². The minimum atomic E-state index is -0.663. The summed E-state index contributed by atoms with van der Waals surface area (Å²) in [6.45, 7) is 11.0. The second kappa shape index (κ2) is 13.3. The Kier molecular flexibility index (Phi) is 9.91. The van der Waals surface area contributed by atoms with Crippen LogP contribution < -0.4 is 4.74 Å². The molecule has 4 aromatic rings. The van der Waals surface area contributed by atoms with Gasteiger partial charge in [0, 0.05) is 39.4 Å². The fraction of sp³-hybridized carbons (Fsp3) is 0.357. The molecule has 0 unspecified atom stereocenters. The third kappa shape index (κ3) is 5.97. The van der Waals surface area contributed by atoms with E-state index in [4.69, 9.17) is 4.74 Å². The van der Waals surface area contributed by atoms with Crippen molar-refractivity contribution in [3.05, 3.63) is 66.0 Å². The largest absolute Gasteiger partial charge is 0.494 e. The number of methoxy groups -OCH3 is 1. The van der Waals surface area contributed by atoms with E-state index in [0.29, 0.717) is 46.9 Å². The van der Waals surface area contributed by atoms with Crippen LogP contribution in [0.2, 0.25) is 0 Å². The highest BCUT2D eigenvalue weighted by atomic mass is 16.5. The lowest BCUT2D eigenvalue weighted by molar-refractivity contribution is -0.127. The van der Waals surface area contributed by atoms with Gasteiger partial charge in [0.25, 0.3) is 17.6 Å². The van der Waals surface area contributed by atoms with Crippen molar-refractivity contribution in [3.63, 3.8) is 0 Å². The van der Waals surface area contributed by atoms with E-state index in [0.717, 1.165) is 0 Å². The first kappa shape index (κ1) is 29.0. The number of ether oxygens (including phenoxy) is 1. The van der Waals surface area contributed by atoms with E-state index >= 15 is 0 Å². The number of pyridine rings is 1. The molecule has 0 bridgehead atoms. The van der Waals surface area contributed by atoms with Gasteiger partial charge in [0.15, 0.2) is 5.82 Å². The van der Waals surface area contributed by atoms with Crippen LogP contribution in [0.3, 0.4) is 0 Å². The molecule has 3 aromatic heterocycles. The summed E-state index contributed by atoms with van der Waals surface area (Å²) >= 11 is 0. The molecule has 4 heterocycles. The molecule has 1 fully saturated rings. The maximum Gasteiger partial charge on any atom is 0.295 e. The Bertz CT molecular complexity index is 1430. The number of aromatic amines is 1. The molecule has 0 atom stereocenters. The van der Waals surface area contributed by atoms with E-state index in [9.17, 15) is 14.4 Å². The van der Waals surface area contributed by atoms with Gasteiger partial charge >= 0.3 is 0 Å². The van der Waals surface area contributed by atoms with Crippen molar-refractivity contribution < 1.29 is 20.5 Å². The van der Waals surface area contributed by atoms with Gasteiger partial charge in [-0.15, -0.1) is 0 Å². The number of aryl methyl sites for hydroxylation is 1. The second-order valence-corrected chi connectivity index (χ2v) is 8.12. The van der Waals surface area contributed by atoms with Gasteiger partial charge in [0.1, 0.15) is 17.9 Å². The number of nitrogens with zero attached hydrogens (tertiary/aromatic N) is 6. The number of ketones is 1. The quantitative estimate of drug-likeness (QED) is 0.303. The van der Waals surface area contributed by atoms with Crippen molar-refractivity contribution >= 4 is 28.5 Å². The summed E-state index contributed by atoms with van der Waals surface area (Å²) in [7, 11) is 1.47. The number of hydrogen-bond donors (Lipinski definition) is 1. The van der Waals surface area contributed by atoms with Crippen molar-refractivity contribution in [2.75, 3.05) is 33.3 Å². The maximum absolute atomic E-state index is 13.3. The van der Waals surface area contributed by atoms with Crippen molar-refractivity contribution in [1.82, 2.24) is 34.5 Å². The van der Waals surface area contributed by atoms with Gasteiger partial charge < -0.3 is 19.5 Å². The number of hydrogen-bond acceptors (Lipinski definition) is 7. The van der Waals surface area contributed by atoms with Crippen LogP contribution in [-0.4, -0.2) is 85.4 Å². The van der Waals surface area contributed by atoms with E-state index in [1.54, 1.807) is 24.0 Å². The van der Waals surface area contributed by atoms with Crippen LogP contribution in [-0.2, 0) is 4.79 Å². The van der Waals surface area contributed by atoms with Crippen LogP contribution in [0.5, 0.6) is 5.75 Å². The number of nitrogens with one attached hydrogen (secondary N) is 1. The smallest absolute Gasteiger partial charge is 0.295 e. The fourth-order valence-corrected chi connectivity index (χ4v) is 4.19. The van der Waals surface area contributed by atoms with Crippen molar-refractivity contribution in [1.29, 1.82) is 0 Å². The molecule has 0 saturated carbocycles. The number of carbonyl (C=O) groups excluding carboxylic acids is 3. The molecule has 39 heavy (non-hydrogen) atoms. The molecule has 0 spiro atoms. The number of H-pyrrole nitrogens is 1. The van der Waals surface area contributed by atoms with Gasteiger partial charge in [-0.05, 0) is 19.1 Å². The highest BCUT2D eigenvalue weighted by molar-refractivity contribution is 6.45. The predicted molar refractivity (Wildman–Crippen MR) is 150 cm³/mol. The summed E-state index contributed by atoms with van der Waals surface area (Å²) in [6.07, 6.45) is 4.49. The van der Waals surface area contributed by atoms with Crippen LogP contribution in [0.4, 0.5) is 0 Å². The SMILES string of the molecule is CC.CC.COc1cnc(-n2cnc(C)n2)c2[nH]cc(C(=O)C(=O)N3CCN(C(=O)c4ccccc4)CC3)c12.[HH]. The first-order chi connectivity index (χ1) is 19.0. The zero-order chi connectivity index (χ0) is 28.5. The molecule has 5 rings (SSSR count). The van der Waals surface area contributed by atoms with Crippen molar-refractivity contribution in [3.8, 4) is 11.6 Å². The summed E-state index contributed by atoms with van der Waals surface area (Å²) < 4.78 is 6.92. The number of piperazine rings is 1. The molecule has 0 aliphatic carbocycles. The number of carbonyl (C=O) groups is 3. The van der Waals surface area contributed by atoms with Crippen molar-refractivity contribution in [2.24, 2.45) is 0 Å². The second-order valence-electron chi connectivity index (χ2n) is 8.12. The Hall–Kier alpha value is -4.54. The highest BCUT2D eigenvalue weighted by Gasteiger charge is 2.31. The number of benzene rings is 1. The molecular weight excluding hydrogens is 498 g/mol. The summed E-state index contributed by atoms with van der Waals surface area (Å²) in [5.74, 6) is -0.0244. The van der Waals surface area contributed by atoms with Gasteiger partial charge in [-0.1, -0.05) is 45.9 Å². The molecule has 1 aliphatic rings. The van der Waals surface area contributed by atoms with Gasteiger partial charge in [-0.2, -0.15) is 5.10 Å². The number of Topliss-reactive ketones (excluding diaryl/α,β-unsaturated/α-hetero) is 1. The zero-order valence-corrected chi connectivity index (χ0v) is 23.3. The average Bonchev–Trinajstić information content (AvgIpc) is 3.65. The Morgan fingerprint density at radius 2 is 1.59 bits per heavy atom. The average molecular weight is 536 g/mol. The molecule has 11 heteroatoms. The number of rotatable bonds is 5. The summed E-state index contributed by atoms with van der Waals surface area (Å²) in [4.78, 5) is 53.8. The Labute approximate surface area is 229 Å². The highest BCUT2D eigenvalue weighted by Crippen LogP contribution is 2.31. The van der Waals surface area contributed by atoms with E-state index < -0.39 is 11.7 Å². The Morgan fingerprint density at radius 1 is 0.949 bits per heavy atom. The normalized spacial score (nSPS) is 12.7. The van der Waals surface area contributed by atoms with Crippen molar-refractivity contribution in [2.45, 2.75) is 34.6 Å². The monoisotopic (exact) mass is 535 g/mol. The van der Waals surface area contributed by atoms with Crippen LogP contribution >= 0.6 is 0 Å². The standard InChI is InChI=1S/C24H23N7O4.2C2H6.H2/c1-15-27-14-31(28-15)22-20-19(18(35-2)13-26-22)17(12-25-20)21(32)24(34)30-10-8-29(9-11-30)23(33)16-6-4-3-5-7-16;2*1-2;/h3-7,12-14,25H,8-11H2,1-2H3;2*1-2H3;1H. The van der Waals surface area contributed by atoms with E-state index in [1.807, 2.05) is 45.9 Å². The van der Waals surface area contributed by atoms with Crippen LogP contribution in [0.15, 0.2) is 49.1 Å². The number of aromatic nitrogens is 5. The van der Waals surface area contributed by atoms with Crippen LogP contribution in [0.25, 0.3) is 16.7 Å². The number of fused-ring (bicyclic) bond motifs is 1.